The SMILES string of the molecule is CCOC(=O)C(C)(C)CN=CC1=C(N)CCC(C2=C(C(=O)OC)C(c3ccc(F)c(F)c3Cl)N=C(c3nccs3)N2)C1. The quantitative estimate of drug-likeness (QED) is 0.222. The number of aromatic nitrogens is 1. The van der Waals surface area contributed by atoms with Gasteiger partial charge in [0.1, 0.15) is 6.04 Å². The molecular weight excluding hydrogens is 588 g/mol. The third-order valence-electron chi connectivity index (χ3n) is 7.09. The molecule has 1 aliphatic carbocycles. The highest BCUT2D eigenvalue weighted by molar-refractivity contribution is 7.11. The second-order valence-corrected chi connectivity index (χ2v) is 11.8. The number of nitrogens with one attached hydrogen (secondary N) is 1. The minimum Gasteiger partial charge on any atom is -0.466 e. The zero-order valence-electron chi connectivity index (χ0n) is 23.7. The van der Waals surface area contributed by atoms with Crippen LogP contribution in [0.1, 0.15) is 56.6 Å². The van der Waals surface area contributed by atoms with E-state index >= 15 is 0 Å². The van der Waals surface area contributed by atoms with E-state index in [1.54, 1.807) is 38.6 Å². The summed E-state index contributed by atoms with van der Waals surface area (Å²) < 4.78 is 38.9. The maximum Gasteiger partial charge on any atom is 0.338 e. The molecule has 0 fully saturated rings. The summed E-state index contributed by atoms with van der Waals surface area (Å²) in [6.45, 7) is 5.73. The smallest absolute Gasteiger partial charge is 0.338 e. The molecule has 42 heavy (non-hydrogen) atoms. The Kier molecular flexibility index (Phi) is 9.78. The number of hydrogen-bond donors (Lipinski definition) is 2. The molecule has 3 N–H and O–H groups in total. The molecule has 2 unspecified atom stereocenters. The fraction of sp³-hybridized carbons (Fsp3) is 0.414. The Hall–Kier alpha value is -3.64. The van der Waals surface area contributed by atoms with Crippen LogP contribution < -0.4 is 11.1 Å². The summed E-state index contributed by atoms with van der Waals surface area (Å²) in [5, 5.41) is 5.11. The fourth-order valence-corrected chi connectivity index (χ4v) is 5.64. The fourth-order valence-electron chi connectivity index (χ4n) is 4.79. The van der Waals surface area contributed by atoms with E-state index in [0.717, 1.165) is 11.6 Å². The third kappa shape index (κ3) is 6.54. The van der Waals surface area contributed by atoms with Crippen LogP contribution in [0.4, 0.5) is 8.78 Å². The number of methoxy groups -OCH3 is 1. The molecule has 0 bridgehead atoms. The van der Waals surface area contributed by atoms with Gasteiger partial charge in [-0.15, -0.1) is 11.3 Å². The summed E-state index contributed by atoms with van der Waals surface area (Å²) in [6.07, 6.45) is 4.75. The van der Waals surface area contributed by atoms with E-state index in [1.807, 2.05) is 0 Å². The Morgan fingerprint density at radius 2 is 2.10 bits per heavy atom. The molecule has 2 aliphatic rings. The van der Waals surface area contributed by atoms with Crippen molar-refractivity contribution in [3.05, 3.63) is 73.5 Å². The number of nitrogens with two attached hydrogens (primary N) is 1. The molecule has 2 heterocycles. The average molecular weight is 620 g/mol. The number of aliphatic imine (C=N–C) groups is 2. The number of esters is 2. The van der Waals surface area contributed by atoms with E-state index in [0.29, 0.717) is 41.5 Å². The van der Waals surface area contributed by atoms with Crippen LogP contribution in [-0.4, -0.2) is 49.2 Å². The van der Waals surface area contributed by atoms with Gasteiger partial charge in [0.2, 0.25) is 0 Å². The van der Waals surface area contributed by atoms with E-state index in [9.17, 15) is 18.4 Å². The number of hydrogen-bond acceptors (Lipinski definition) is 10. The van der Waals surface area contributed by atoms with E-state index in [-0.39, 0.29) is 36.2 Å². The van der Waals surface area contributed by atoms with Gasteiger partial charge in [0.05, 0.1) is 36.3 Å². The van der Waals surface area contributed by atoms with Crippen molar-refractivity contribution in [1.29, 1.82) is 0 Å². The van der Waals surface area contributed by atoms with Crippen LogP contribution in [0.3, 0.4) is 0 Å². The molecule has 2 aromatic rings. The van der Waals surface area contributed by atoms with Gasteiger partial charge in [-0.3, -0.25) is 14.8 Å². The standard InChI is InChI=1S/C29H32ClF2N5O4S/c1-5-41-28(39)29(2,3)14-34-13-16-12-15(6-9-19(16)33)23-20(27(38)40-4)24(17-7-8-18(31)22(32)21(17)30)37-25(36-23)26-35-10-11-42-26/h7-8,10-11,13,15,24H,5-6,9,12,14,33H2,1-4H3,(H,36,37). The number of thiazole rings is 1. The van der Waals surface area contributed by atoms with Gasteiger partial charge < -0.3 is 20.5 Å². The first-order valence-electron chi connectivity index (χ1n) is 13.3. The second kappa shape index (κ2) is 13.1. The van der Waals surface area contributed by atoms with Crippen molar-refractivity contribution in [3.8, 4) is 0 Å². The molecule has 1 aromatic carbocycles. The first-order valence-corrected chi connectivity index (χ1v) is 14.6. The summed E-state index contributed by atoms with van der Waals surface area (Å²) in [7, 11) is 1.24. The predicted octanol–water partition coefficient (Wildman–Crippen LogP) is 5.27. The normalized spacial score (nSPS) is 19.5. The first kappa shape index (κ1) is 31.3. The lowest BCUT2D eigenvalue weighted by atomic mass is 9.81. The number of rotatable bonds is 9. The highest BCUT2D eigenvalue weighted by Gasteiger charge is 2.38. The van der Waals surface area contributed by atoms with E-state index in [4.69, 9.17) is 26.8 Å². The molecule has 224 valence electrons. The first-order chi connectivity index (χ1) is 20.0. The van der Waals surface area contributed by atoms with Crippen molar-refractivity contribution in [2.75, 3.05) is 20.3 Å². The number of carbonyl (C=O) groups is 2. The molecular formula is C29H32ClF2N5O4S. The summed E-state index contributed by atoms with van der Waals surface area (Å²) in [4.78, 5) is 39.1. The number of carbonyl (C=O) groups excluding carboxylic acids is 2. The number of benzene rings is 1. The van der Waals surface area contributed by atoms with Crippen LogP contribution in [-0.2, 0) is 19.1 Å². The van der Waals surface area contributed by atoms with Crippen molar-refractivity contribution < 1.29 is 27.8 Å². The van der Waals surface area contributed by atoms with Gasteiger partial charge in [-0.2, -0.15) is 0 Å². The van der Waals surface area contributed by atoms with Crippen molar-refractivity contribution in [2.24, 2.45) is 27.1 Å². The molecule has 9 nitrogen and oxygen atoms in total. The monoisotopic (exact) mass is 619 g/mol. The number of ether oxygens (including phenoxy) is 2. The maximum atomic E-state index is 14.6. The molecule has 0 saturated carbocycles. The van der Waals surface area contributed by atoms with Gasteiger partial charge in [0.25, 0.3) is 0 Å². The summed E-state index contributed by atoms with van der Waals surface area (Å²) in [6, 6.07) is 1.16. The van der Waals surface area contributed by atoms with Gasteiger partial charge in [0, 0.05) is 40.7 Å². The van der Waals surface area contributed by atoms with Crippen LogP contribution >= 0.6 is 22.9 Å². The van der Waals surface area contributed by atoms with E-state index in [2.05, 4.69) is 20.3 Å². The molecule has 1 aromatic heterocycles. The highest BCUT2D eigenvalue weighted by Crippen LogP contribution is 2.42. The number of halogens is 3. The van der Waals surface area contributed by atoms with Gasteiger partial charge in [-0.05, 0) is 51.7 Å². The second-order valence-electron chi connectivity index (χ2n) is 10.5. The molecule has 13 heteroatoms. The van der Waals surface area contributed by atoms with Gasteiger partial charge >= 0.3 is 11.9 Å². The average Bonchev–Trinajstić information content (AvgIpc) is 3.51. The molecule has 1 aliphatic heterocycles. The molecule has 0 saturated heterocycles. The third-order valence-corrected chi connectivity index (χ3v) is 8.25. The van der Waals surface area contributed by atoms with Crippen LogP contribution in [0, 0.1) is 23.0 Å². The molecule has 2 atom stereocenters. The van der Waals surface area contributed by atoms with Gasteiger partial charge in [-0.25, -0.2) is 18.6 Å². The summed E-state index contributed by atoms with van der Waals surface area (Å²) in [5.74, 6) is -3.31. The van der Waals surface area contributed by atoms with Crippen molar-refractivity contribution in [2.45, 2.75) is 46.1 Å². The Balaban J connectivity index is 1.74. The van der Waals surface area contributed by atoms with Gasteiger partial charge in [-0.1, -0.05) is 17.7 Å². The number of allylic oxidation sites excluding steroid dienone is 3. The minimum absolute atomic E-state index is 0.109. The zero-order chi connectivity index (χ0) is 30.6. The number of nitrogens with zero attached hydrogens (tertiary/aromatic N) is 3. The Bertz CT molecular complexity index is 1490. The zero-order valence-corrected chi connectivity index (χ0v) is 25.2. The van der Waals surface area contributed by atoms with E-state index < -0.39 is 34.1 Å². The van der Waals surface area contributed by atoms with Crippen LogP contribution in [0.25, 0.3) is 0 Å². The Morgan fingerprint density at radius 3 is 2.76 bits per heavy atom. The predicted molar refractivity (Wildman–Crippen MR) is 157 cm³/mol. The lowest BCUT2D eigenvalue weighted by Crippen LogP contribution is -2.38. The molecule has 0 amide bonds. The maximum absolute atomic E-state index is 14.6. The number of amidine groups is 1. The highest BCUT2D eigenvalue weighted by atomic mass is 35.5. The van der Waals surface area contributed by atoms with Crippen LogP contribution in [0.15, 0.2) is 56.2 Å². The lowest BCUT2D eigenvalue weighted by Gasteiger charge is -2.33. The minimum atomic E-state index is -1.23. The van der Waals surface area contributed by atoms with Crippen molar-refractivity contribution >= 4 is 46.9 Å². The van der Waals surface area contributed by atoms with E-state index in [1.165, 1.54) is 24.5 Å². The largest absolute Gasteiger partial charge is 0.466 e. The molecule has 0 spiro atoms. The summed E-state index contributed by atoms with van der Waals surface area (Å²) in [5.41, 5.74) is 7.67. The summed E-state index contributed by atoms with van der Waals surface area (Å²) >= 11 is 7.58. The van der Waals surface area contributed by atoms with Crippen LogP contribution in [0.5, 0.6) is 0 Å². The van der Waals surface area contributed by atoms with Crippen molar-refractivity contribution in [1.82, 2.24) is 10.3 Å². The topological polar surface area (TPSA) is 128 Å². The molecule has 0 radical (unpaired) electrons. The van der Waals surface area contributed by atoms with Gasteiger partial charge in [0.15, 0.2) is 22.5 Å². The molecule has 4 rings (SSSR count). The van der Waals surface area contributed by atoms with Crippen molar-refractivity contribution in [3.63, 3.8) is 0 Å². The Morgan fingerprint density at radius 1 is 1.33 bits per heavy atom. The lowest BCUT2D eigenvalue weighted by molar-refractivity contribution is -0.152. The van der Waals surface area contributed by atoms with Crippen LogP contribution in [0.2, 0.25) is 5.02 Å². The Labute approximate surface area is 251 Å².